The molecule has 0 rings (SSSR count). The van der Waals surface area contributed by atoms with Gasteiger partial charge in [0.25, 0.3) is 0 Å². The van der Waals surface area contributed by atoms with Gasteiger partial charge in [-0.3, -0.25) is 9.59 Å². The average molecular weight is 830 g/mol. The van der Waals surface area contributed by atoms with Crippen molar-refractivity contribution in [3.05, 3.63) is 36.5 Å². The zero-order chi connectivity index (χ0) is 43.1. The fourth-order valence-corrected chi connectivity index (χ4v) is 7.90. The number of aliphatic hydroxyl groups excluding tert-OH is 2. The molecule has 6 heteroatoms. The van der Waals surface area contributed by atoms with Crippen LogP contribution in [0.15, 0.2) is 36.5 Å². The molecule has 0 saturated heterocycles. The number of unbranched alkanes of at least 4 members (excludes halogenated alkanes) is 30. The third kappa shape index (κ3) is 42.6. The highest BCUT2D eigenvalue weighted by Gasteiger charge is 2.24. The second kappa shape index (κ2) is 47.1. The number of hydrogen-bond acceptors (Lipinski definition) is 5. The molecule has 0 aliphatic rings. The molecule has 0 fully saturated rings. The summed E-state index contributed by atoms with van der Waals surface area (Å²) < 4.78 is 5.92. The van der Waals surface area contributed by atoms with Crippen molar-refractivity contribution < 1.29 is 24.5 Å². The van der Waals surface area contributed by atoms with Gasteiger partial charge < -0.3 is 20.3 Å². The Balaban J connectivity index is 4.53. The first-order valence-electron chi connectivity index (χ1n) is 25.7. The van der Waals surface area contributed by atoms with Gasteiger partial charge in [-0.1, -0.05) is 243 Å². The Morgan fingerprint density at radius 1 is 0.508 bits per heavy atom. The molecule has 0 saturated carbocycles. The van der Waals surface area contributed by atoms with Gasteiger partial charge in [0.2, 0.25) is 5.91 Å². The van der Waals surface area contributed by atoms with Crippen molar-refractivity contribution in [3.8, 4) is 0 Å². The molecule has 1 amide bonds. The first-order valence-corrected chi connectivity index (χ1v) is 25.7. The van der Waals surface area contributed by atoms with Gasteiger partial charge in [-0.2, -0.15) is 0 Å². The van der Waals surface area contributed by atoms with Gasteiger partial charge >= 0.3 is 5.97 Å². The van der Waals surface area contributed by atoms with Crippen LogP contribution in [0.5, 0.6) is 0 Å². The van der Waals surface area contributed by atoms with E-state index in [4.69, 9.17) is 4.74 Å². The van der Waals surface area contributed by atoms with Crippen molar-refractivity contribution in [3.63, 3.8) is 0 Å². The predicted octanol–water partition coefficient (Wildman–Crippen LogP) is 15.3. The second-order valence-electron chi connectivity index (χ2n) is 17.6. The highest BCUT2D eigenvalue weighted by atomic mass is 16.5. The quantitative estimate of drug-likeness (QED) is 0.0323. The van der Waals surface area contributed by atoms with Crippen LogP contribution in [0.3, 0.4) is 0 Å². The molecule has 0 aromatic carbocycles. The Hall–Kier alpha value is -1.92. The molecule has 59 heavy (non-hydrogen) atoms. The largest absolute Gasteiger partial charge is 0.462 e. The number of hydrogen-bond donors (Lipinski definition) is 3. The van der Waals surface area contributed by atoms with Gasteiger partial charge in [0, 0.05) is 6.42 Å². The molecule has 3 unspecified atom stereocenters. The number of nitrogens with one attached hydrogen (secondary N) is 1. The summed E-state index contributed by atoms with van der Waals surface area (Å²) in [4.78, 5) is 26.1. The molecule has 6 nitrogen and oxygen atoms in total. The molecule has 0 spiro atoms. The summed E-state index contributed by atoms with van der Waals surface area (Å²) in [6.07, 6.45) is 54.9. The van der Waals surface area contributed by atoms with Crippen molar-refractivity contribution in [1.82, 2.24) is 5.32 Å². The topological polar surface area (TPSA) is 95.9 Å². The van der Waals surface area contributed by atoms with E-state index in [-0.39, 0.29) is 24.9 Å². The number of amides is 1. The lowest BCUT2D eigenvalue weighted by molar-refractivity contribution is -0.151. The fourth-order valence-electron chi connectivity index (χ4n) is 7.90. The van der Waals surface area contributed by atoms with Crippen molar-refractivity contribution in [1.29, 1.82) is 0 Å². The van der Waals surface area contributed by atoms with Gasteiger partial charge in [-0.25, -0.2) is 0 Å². The smallest absolute Gasteiger partial charge is 0.306 e. The first-order chi connectivity index (χ1) is 29.0. The number of carbonyl (C=O) groups is 2. The van der Waals surface area contributed by atoms with Crippen LogP contribution in [0, 0.1) is 0 Å². The Morgan fingerprint density at radius 3 is 1.37 bits per heavy atom. The number of carbonyl (C=O) groups excluding carboxylic acids is 2. The molecule has 0 aliphatic heterocycles. The molecule has 0 heterocycles. The zero-order valence-corrected chi connectivity index (χ0v) is 39.4. The van der Waals surface area contributed by atoms with Gasteiger partial charge in [-0.05, 0) is 44.9 Å². The molecule has 0 aromatic heterocycles. The maximum atomic E-state index is 13.2. The van der Waals surface area contributed by atoms with Crippen LogP contribution >= 0.6 is 0 Å². The summed E-state index contributed by atoms with van der Waals surface area (Å²) >= 11 is 0. The fraction of sp³-hybridized carbons (Fsp3) is 0.849. The third-order valence-corrected chi connectivity index (χ3v) is 11.8. The Morgan fingerprint density at radius 2 is 0.915 bits per heavy atom. The normalized spacial score (nSPS) is 13.5. The van der Waals surface area contributed by atoms with Crippen molar-refractivity contribution in [2.45, 2.75) is 283 Å². The highest BCUT2D eigenvalue weighted by Crippen LogP contribution is 2.18. The standard InChI is InChI=1S/C53H99NO5/c1-4-7-10-13-16-19-22-25-26-28-30-33-36-39-42-45-51(56)50(48-55)54-52(57)47-49(44-41-38-35-32-29-24-21-18-15-12-9-6-3)59-53(58)46-43-40-37-34-31-27-23-20-17-14-11-8-5-2/h8,11,14,17,20,23,49-51,55-56H,4-7,9-10,12-13,15-16,18-19,21-22,24-48H2,1-3H3,(H,54,57)/b11-8+,17-14+,23-20-. The number of allylic oxidation sites excluding steroid dienone is 6. The summed E-state index contributed by atoms with van der Waals surface area (Å²) in [6.45, 7) is 6.36. The van der Waals surface area contributed by atoms with Crippen LogP contribution in [0.25, 0.3) is 0 Å². The van der Waals surface area contributed by atoms with E-state index in [1.807, 2.05) is 0 Å². The van der Waals surface area contributed by atoms with E-state index in [9.17, 15) is 19.8 Å². The van der Waals surface area contributed by atoms with E-state index in [2.05, 4.69) is 62.5 Å². The summed E-state index contributed by atoms with van der Waals surface area (Å²) in [5, 5.41) is 23.8. The number of rotatable bonds is 46. The Bertz CT molecular complexity index is 977. The van der Waals surface area contributed by atoms with Gasteiger partial charge in [-0.15, -0.1) is 0 Å². The Kier molecular flexibility index (Phi) is 45.6. The second-order valence-corrected chi connectivity index (χ2v) is 17.6. The molecular weight excluding hydrogens is 731 g/mol. The van der Waals surface area contributed by atoms with Crippen LogP contribution in [0.2, 0.25) is 0 Å². The van der Waals surface area contributed by atoms with Crippen LogP contribution in [0.4, 0.5) is 0 Å². The van der Waals surface area contributed by atoms with Crippen LogP contribution in [0.1, 0.15) is 265 Å². The summed E-state index contributed by atoms with van der Waals surface area (Å²) in [6, 6.07) is -0.702. The lowest BCUT2D eigenvalue weighted by Gasteiger charge is -2.24. The lowest BCUT2D eigenvalue weighted by Crippen LogP contribution is -2.46. The zero-order valence-electron chi connectivity index (χ0n) is 39.4. The first kappa shape index (κ1) is 57.1. The van der Waals surface area contributed by atoms with Crippen LogP contribution in [-0.4, -0.2) is 46.9 Å². The highest BCUT2D eigenvalue weighted by molar-refractivity contribution is 5.77. The van der Waals surface area contributed by atoms with Gasteiger partial charge in [0.15, 0.2) is 0 Å². The van der Waals surface area contributed by atoms with Crippen molar-refractivity contribution in [2.24, 2.45) is 0 Å². The summed E-state index contributed by atoms with van der Waals surface area (Å²) in [7, 11) is 0. The molecule has 346 valence electrons. The molecular formula is C53H99NO5. The van der Waals surface area contributed by atoms with Crippen LogP contribution < -0.4 is 5.32 Å². The summed E-state index contributed by atoms with van der Waals surface area (Å²) in [5.41, 5.74) is 0. The lowest BCUT2D eigenvalue weighted by atomic mass is 10.0. The minimum Gasteiger partial charge on any atom is -0.462 e. The molecule has 0 aromatic rings. The maximum Gasteiger partial charge on any atom is 0.306 e. The van der Waals surface area contributed by atoms with Crippen molar-refractivity contribution >= 4 is 11.9 Å². The number of esters is 1. The molecule has 0 aliphatic carbocycles. The van der Waals surface area contributed by atoms with Gasteiger partial charge in [0.05, 0.1) is 25.2 Å². The molecule has 0 bridgehead atoms. The van der Waals surface area contributed by atoms with E-state index in [1.54, 1.807) is 0 Å². The number of aliphatic hydroxyl groups is 2. The third-order valence-electron chi connectivity index (χ3n) is 11.8. The Labute approximate surface area is 366 Å². The van der Waals surface area contributed by atoms with E-state index in [0.29, 0.717) is 19.3 Å². The van der Waals surface area contributed by atoms with Crippen molar-refractivity contribution in [2.75, 3.05) is 6.61 Å². The van der Waals surface area contributed by atoms with E-state index < -0.39 is 18.2 Å². The van der Waals surface area contributed by atoms with Gasteiger partial charge in [0.1, 0.15) is 6.10 Å². The molecule has 3 atom stereocenters. The molecule has 3 N–H and O–H groups in total. The minimum absolute atomic E-state index is 0.0730. The molecule has 0 radical (unpaired) electrons. The summed E-state index contributed by atoms with van der Waals surface area (Å²) in [5.74, 6) is -0.487. The van der Waals surface area contributed by atoms with Crippen LogP contribution in [-0.2, 0) is 14.3 Å². The monoisotopic (exact) mass is 830 g/mol. The average Bonchev–Trinajstić information content (AvgIpc) is 3.23. The SMILES string of the molecule is CC/C=C/C=C/C=C\CCCCCCCC(=O)OC(CCCCCCCCCCCCCC)CC(=O)NC(CO)C(O)CCCCCCCCCCCCCCCCC. The number of ether oxygens (including phenoxy) is 1. The van der Waals surface area contributed by atoms with E-state index in [0.717, 1.165) is 70.6 Å². The maximum absolute atomic E-state index is 13.2. The van der Waals surface area contributed by atoms with E-state index >= 15 is 0 Å². The predicted molar refractivity (Wildman–Crippen MR) is 255 cm³/mol. The van der Waals surface area contributed by atoms with E-state index in [1.165, 1.54) is 148 Å². The minimum atomic E-state index is -0.788.